The van der Waals surface area contributed by atoms with Crippen LogP contribution in [0.15, 0.2) is 48.5 Å². The lowest BCUT2D eigenvalue weighted by molar-refractivity contribution is -0.143. The zero-order chi connectivity index (χ0) is 33.0. The van der Waals surface area contributed by atoms with Crippen molar-refractivity contribution < 1.29 is 37.1 Å². The molecule has 0 radical (unpaired) electrons. The van der Waals surface area contributed by atoms with Crippen molar-refractivity contribution in [2.45, 2.75) is 65.6 Å². The van der Waals surface area contributed by atoms with Crippen molar-refractivity contribution in [1.29, 1.82) is 0 Å². The van der Waals surface area contributed by atoms with E-state index in [1.807, 2.05) is 44.2 Å². The number of aliphatic hydroxyl groups is 1. The van der Waals surface area contributed by atoms with Crippen molar-refractivity contribution in [3.63, 3.8) is 0 Å². The largest absolute Gasteiger partial charge is 0.508 e. The number of ether oxygens (including phenoxy) is 2. The maximum atomic E-state index is 13.2. The Morgan fingerprint density at radius 3 is 2.65 bits per heavy atom. The van der Waals surface area contributed by atoms with Gasteiger partial charge in [-0.15, -0.1) is 5.10 Å². The van der Waals surface area contributed by atoms with Crippen LogP contribution in [0.25, 0.3) is 11.0 Å². The van der Waals surface area contributed by atoms with Gasteiger partial charge in [0.1, 0.15) is 17.0 Å². The normalized spacial score (nSPS) is 15.7. The zero-order valence-corrected chi connectivity index (χ0v) is 27.3. The van der Waals surface area contributed by atoms with E-state index in [0.717, 1.165) is 33.3 Å². The number of rotatable bonds is 13. The first-order chi connectivity index (χ1) is 22.0. The minimum Gasteiger partial charge on any atom is -0.508 e. The smallest absolute Gasteiger partial charge is 0.386 e. The predicted octanol–water partition coefficient (Wildman–Crippen LogP) is 4.44. The minimum atomic E-state index is -4.13. The number of carbonyl (C=O) groups excluding carboxylic acids is 1. The lowest BCUT2D eigenvalue weighted by Crippen LogP contribution is -2.39. The Balaban J connectivity index is 1.50. The van der Waals surface area contributed by atoms with Crippen LogP contribution in [0.2, 0.25) is 0 Å². The van der Waals surface area contributed by atoms with Gasteiger partial charge in [0.15, 0.2) is 0 Å². The Labute approximate surface area is 268 Å². The van der Waals surface area contributed by atoms with Crippen molar-refractivity contribution in [3.8, 4) is 11.5 Å². The summed E-state index contributed by atoms with van der Waals surface area (Å²) in [7, 11) is -4.13. The number of hydrogen-bond acceptors (Lipinski definition) is 10. The Morgan fingerprint density at radius 1 is 1.09 bits per heavy atom. The molecule has 1 unspecified atom stereocenters. The number of fused-ring (bicyclic) bond motifs is 2. The lowest BCUT2D eigenvalue weighted by Gasteiger charge is -2.33. The van der Waals surface area contributed by atoms with E-state index < -0.39 is 22.3 Å². The molecule has 0 bridgehead atoms. The fraction of sp³-hybridized carbons (Fsp3) is 0.424. The summed E-state index contributed by atoms with van der Waals surface area (Å²) in [5.74, 6) is -0.547. The maximum absolute atomic E-state index is 13.2. The molecule has 4 aromatic rings. The molecular weight excluding hydrogens is 612 g/mol. The molecule has 2 heterocycles. The second kappa shape index (κ2) is 14.2. The van der Waals surface area contributed by atoms with Crippen molar-refractivity contribution in [2.75, 3.05) is 26.4 Å². The third-order valence-electron chi connectivity index (χ3n) is 8.37. The highest BCUT2D eigenvalue weighted by Crippen LogP contribution is 2.39. The summed E-state index contributed by atoms with van der Waals surface area (Å²) in [4.78, 5) is 12.9. The number of phenols is 1. The molecule has 12 nitrogen and oxygen atoms in total. The van der Waals surface area contributed by atoms with Crippen molar-refractivity contribution in [2.24, 2.45) is 0 Å². The molecule has 46 heavy (non-hydrogen) atoms. The van der Waals surface area contributed by atoms with E-state index in [0.29, 0.717) is 37.3 Å². The van der Waals surface area contributed by atoms with Gasteiger partial charge in [-0.2, -0.15) is 12.7 Å². The average Bonchev–Trinajstić information content (AvgIpc) is 3.44. The van der Waals surface area contributed by atoms with Crippen molar-refractivity contribution in [3.05, 3.63) is 81.9 Å². The van der Waals surface area contributed by atoms with Gasteiger partial charge in [-0.3, -0.25) is 4.79 Å². The number of carbonyl (C=O) groups is 1. The molecule has 246 valence electrons. The van der Waals surface area contributed by atoms with Crippen LogP contribution in [0.1, 0.15) is 72.0 Å². The van der Waals surface area contributed by atoms with Crippen LogP contribution >= 0.6 is 0 Å². The molecule has 2 N–H and O–H groups in total. The van der Waals surface area contributed by atoms with E-state index in [9.17, 15) is 18.3 Å². The van der Waals surface area contributed by atoms with Gasteiger partial charge in [0.05, 0.1) is 37.7 Å². The summed E-state index contributed by atoms with van der Waals surface area (Å²) < 4.78 is 45.9. The number of aromatic nitrogens is 3. The second-order valence-corrected chi connectivity index (χ2v) is 12.9. The van der Waals surface area contributed by atoms with Gasteiger partial charge >= 0.3 is 16.3 Å². The predicted molar refractivity (Wildman–Crippen MR) is 171 cm³/mol. The first-order valence-corrected chi connectivity index (χ1v) is 16.7. The van der Waals surface area contributed by atoms with Crippen molar-refractivity contribution in [1.82, 2.24) is 19.3 Å². The standard InChI is InChI=1S/C33H40N4O8S/c1-5-44-32(40)19-29(27-10-11-30-33(22(27)3)34-35-36(30)13-16-43-15-6-14-38)24-8-7-21(2)28(18-24)23(4)37-20-25-17-26(39)9-12-31(25)45-46(37,41)42/h7-12,17-18,23,29,38-39H,5-6,13-16,19-20H2,1-4H3/t23-,29?/m1/s1. The van der Waals surface area contributed by atoms with Gasteiger partial charge in [0, 0.05) is 31.2 Å². The molecule has 0 amide bonds. The topological polar surface area (TPSA) is 153 Å². The molecule has 0 saturated carbocycles. The first kappa shape index (κ1) is 33.3. The Kier molecular flexibility index (Phi) is 10.3. The summed E-state index contributed by atoms with van der Waals surface area (Å²) in [6.07, 6.45) is 0.643. The number of benzene rings is 3. The molecule has 0 saturated heterocycles. The van der Waals surface area contributed by atoms with Gasteiger partial charge in [0.25, 0.3) is 0 Å². The van der Waals surface area contributed by atoms with E-state index >= 15 is 0 Å². The third-order valence-corrected chi connectivity index (χ3v) is 9.78. The Morgan fingerprint density at radius 2 is 1.89 bits per heavy atom. The molecule has 1 aliphatic rings. The van der Waals surface area contributed by atoms with Crippen molar-refractivity contribution >= 4 is 27.3 Å². The fourth-order valence-electron chi connectivity index (χ4n) is 5.93. The highest BCUT2D eigenvalue weighted by molar-refractivity contribution is 7.84. The highest BCUT2D eigenvalue weighted by atomic mass is 32.2. The number of phenolic OH excluding ortho intramolecular Hbond substituents is 1. The summed E-state index contributed by atoms with van der Waals surface area (Å²) in [5.41, 5.74) is 6.31. The van der Waals surface area contributed by atoms with Gasteiger partial charge in [-0.1, -0.05) is 29.5 Å². The van der Waals surface area contributed by atoms with Crippen LogP contribution < -0.4 is 4.18 Å². The van der Waals surface area contributed by atoms with Crippen LogP contribution in [0.3, 0.4) is 0 Å². The van der Waals surface area contributed by atoms with E-state index in [-0.39, 0.29) is 43.6 Å². The van der Waals surface area contributed by atoms with Crippen LogP contribution in [0, 0.1) is 13.8 Å². The Bertz CT molecular complexity index is 1820. The van der Waals surface area contributed by atoms with E-state index in [1.165, 1.54) is 22.5 Å². The van der Waals surface area contributed by atoms with Gasteiger partial charge in [-0.25, -0.2) is 4.68 Å². The Hall–Kier alpha value is -4.04. The molecule has 0 aliphatic carbocycles. The van der Waals surface area contributed by atoms with Crippen LogP contribution in [0.4, 0.5) is 0 Å². The second-order valence-electron chi connectivity index (χ2n) is 11.4. The first-order valence-electron chi connectivity index (χ1n) is 15.3. The third kappa shape index (κ3) is 7.02. The lowest BCUT2D eigenvalue weighted by atomic mass is 9.83. The van der Waals surface area contributed by atoms with E-state index in [1.54, 1.807) is 18.5 Å². The van der Waals surface area contributed by atoms with Crippen LogP contribution in [-0.2, 0) is 37.7 Å². The molecule has 2 atom stereocenters. The summed E-state index contributed by atoms with van der Waals surface area (Å²) in [5, 5.41) is 27.7. The molecular formula is C33H40N4O8S. The molecule has 1 aromatic heterocycles. The molecule has 0 fully saturated rings. The average molecular weight is 653 g/mol. The number of aryl methyl sites for hydroxylation is 2. The number of nitrogens with zero attached hydrogens (tertiary/aromatic N) is 4. The van der Waals surface area contributed by atoms with E-state index in [2.05, 4.69) is 10.3 Å². The minimum absolute atomic E-state index is 0.0213. The number of aliphatic hydroxyl groups excluding tert-OH is 1. The van der Waals surface area contributed by atoms with E-state index in [4.69, 9.17) is 18.8 Å². The number of aromatic hydroxyl groups is 1. The SMILES string of the molecule is CCOC(=O)CC(c1ccc(C)c([C@@H](C)N2Cc3cc(O)ccc3OS2(=O)=O)c1)c1ccc2c(nnn2CCOCCCO)c1C. The molecule has 3 aromatic carbocycles. The maximum Gasteiger partial charge on any atom is 0.386 e. The van der Waals surface area contributed by atoms with Gasteiger partial charge in [-0.05, 0) is 86.2 Å². The summed E-state index contributed by atoms with van der Waals surface area (Å²) in [6.45, 7) is 9.18. The van der Waals surface area contributed by atoms with Gasteiger partial charge < -0.3 is 23.9 Å². The molecule has 5 rings (SSSR count). The van der Waals surface area contributed by atoms with Crippen LogP contribution in [0.5, 0.6) is 11.5 Å². The monoisotopic (exact) mass is 652 g/mol. The zero-order valence-electron chi connectivity index (χ0n) is 26.5. The van der Waals surface area contributed by atoms with Crippen LogP contribution in [-0.4, -0.2) is 70.3 Å². The fourth-order valence-corrected chi connectivity index (χ4v) is 7.21. The number of esters is 1. The van der Waals surface area contributed by atoms with Gasteiger partial charge in [0.2, 0.25) is 0 Å². The summed E-state index contributed by atoms with van der Waals surface area (Å²) in [6, 6.07) is 13.5. The molecule has 13 heteroatoms. The quantitative estimate of drug-likeness (QED) is 0.157. The number of hydrogen-bond donors (Lipinski definition) is 2. The molecule has 0 spiro atoms. The molecule has 1 aliphatic heterocycles. The highest BCUT2D eigenvalue weighted by Gasteiger charge is 2.37. The summed E-state index contributed by atoms with van der Waals surface area (Å²) >= 11 is 0.